The number of nitrogens with zero attached hydrogens (tertiary/aromatic N) is 2. The summed E-state index contributed by atoms with van der Waals surface area (Å²) in [5.41, 5.74) is 0.0965. The zero-order valence-corrected chi connectivity index (χ0v) is 9.90. The summed E-state index contributed by atoms with van der Waals surface area (Å²) in [6.07, 6.45) is 0.801. The number of ether oxygens (including phenoxy) is 2. The van der Waals surface area contributed by atoms with E-state index in [-0.39, 0.29) is 5.69 Å². The molecule has 2 saturated heterocycles. The molecule has 0 atom stereocenters. The van der Waals surface area contributed by atoms with Crippen molar-refractivity contribution in [1.82, 2.24) is 4.98 Å². The van der Waals surface area contributed by atoms with Crippen molar-refractivity contribution in [2.24, 2.45) is 0 Å². The topological polar surface area (TPSA) is 71.9 Å². The Morgan fingerprint density at radius 2 is 2.29 bits per heavy atom. The highest BCUT2D eigenvalue weighted by Crippen LogP contribution is 2.34. The van der Waals surface area contributed by atoms with Crippen molar-refractivity contribution in [3.63, 3.8) is 0 Å². The number of thiazole rings is 1. The van der Waals surface area contributed by atoms with Gasteiger partial charge in [0, 0.05) is 18.3 Å². The van der Waals surface area contributed by atoms with Crippen LogP contribution in [0.25, 0.3) is 0 Å². The molecule has 17 heavy (non-hydrogen) atoms. The summed E-state index contributed by atoms with van der Waals surface area (Å²) >= 11 is 1.34. The van der Waals surface area contributed by atoms with Crippen LogP contribution in [0.3, 0.4) is 0 Å². The second-order valence-corrected chi connectivity index (χ2v) is 4.94. The molecule has 92 valence electrons. The molecule has 1 spiro atoms. The zero-order valence-electron chi connectivity index (χ0n) is 9.09. The first-order valence-corrected chi connectivity index (χ1v) is 6.28. The first-order chi connectivity index (χ1) is 8.19. The van der Waals surface area contributed by atoms with Crippen LogP contribution >= 0.6 is 11.3 Å². The Hall–Kier alpha value is -1.18. The molecule has 6 nitrogen and oxygen atoms in total. The molecule has 3 heterocycles. The van der Waals surface area contributed by atoms with Gasteiger partial charge >= 0.3 is 5.97 Å². The fraction of sp³-hybridized carbons (Fsp3) is 0.600. The lowest BCUT2D eigenvalue weighted by Gasteiger charge is -2.21. The maximum atomic E-state index is 10.8. The van der Waals surface area contributed by atoms with Crippen molar-refractivity contribution < 1.29 is 19.4 Å². The van der Waals surface area contributed by atoms with Gasteiger partial charge in [0.2, 0.25) is 0 Å². The molecule has 0 bridgehead atoms. The number of aromatic carboxylic acids is 1. The highest BCUT2D eigenvalue weighted by molar-refractivity contribution is 7.13. The predicted octanol–water partition coefficient (Wildman–Crippen LogP) is 0.794. The molecule has 7 heteroatoms. The molecule has 2 aliphatic heterocycles. The first-order valence-electron chi connectivity index (χ1n) is 5.40. The van der Waals surface area contributed by atoms with E-state index in [0.29, 0.717) is 19.8 Å². The molecule has 0 aromatic carbocycles. The fourth-order valence-corrected chi connectivity index (χ4v) is 2.98. The van der Waals surface area contributed by atoms with Gasteiger partial charge in [-0.3, -0.25) is 0 Å². The number of carboxylic acid groups (broad SMARTS) is 1. The maximum absolute atomic E-state index is 10.8. The van der Waals surface area contributed by atoms with Gasteiger partial charge in [0.15, 0.2) is 16.6 Å². The van der Waals surface area contributed by atoms with Crippen LogP contribution in [0.15, 0.2) is 5.38 Å². The standard InChI is InChI=1S/C10H12N2O4S/c13-8(14)7-5-17-9(11-7)12-2-1-10(6-12)15-3-4-16-10/h5H,1-4,6H2,(H,13,14). The van der Waals surface area contributed by atoms with Crippen LogP contribution in [-0.4, -0.2) is 48.2 Å². The van der Waals surface area contributed by atoms with Crippen molar-refractivity contribution in [3.8, 4) is 0 Å². The third-order valence-corrected chi connectivity index (χ3v) is 3.89. The Balaban J connectivity index is 1.75. The summed E-state index contributed by atoms with van der Waals surface area (Å²) < 4.78 is 11.2. The number of hydrogen-bond acceptors (Lipinski definition) is 6. The minimum absolute atomic E-state index is 0.0965. The molecular weight excluding hydrogens is 244 g/mol. The fourth-order valence-electron chi connectivity index (χ4n) is 2.16. The van der Waals surface area contributed by atoms with Crippen LogP contribution in [0.1, 0.15) is 16.9 Å². The summed E-state index contributed by atoms with van der Waals surface area (Å²) in [6, 6.07) is 0. The molecule has 2 fully saturated rings. The van der Waals surface area contributed by atoms with Gasteiger partial charge in [0.1, 0.15) is 0 Å². The van der Waals surface area contributed by atoms with E-state index in [1.54, 1.807) is 5.38 Å². The molecule has 0 radical (unpaired) electrons. The van der Waals surface area contributed by atoms with Gasteiger partial charge in [-0.05, 0) is 0 Å². The summed E-state index contributed by atoms with van der Waals surface area (Å²) in [5.74, 6) is -1.48. The van der Waals surface area contributed by atoms with Crippen molar-refractivity contribution in [1.29, 1.82) is 0 Å². The quantitative estimate of drug-likeness (QED) is 0.843. The van der Waals surface area contributed by atoms with Gasteiger partial charge < -0.3 is 19.5 Å². The van der Waals surface area contributed by atoms with E-state index in [2.05, 4.69) is 4.98 Å². The van der Waals surface area contributed by atoms with E-state index in [4.69, 9.17) is 14.6 Å². The van der Waals surface area contributed by atoms with Gasteiger partial charge in [-0.1, -0.05) is 0 Å². The molecule has 0 aliphatic carbocycles. The highest BCUT2D eigenvalue weighted by Gasteiger charge is 2.44. The molecule has 1 aromatic heterocycles. The van der Waals surface area contributed by atoms with E-state index in [9.17, 15) is 4.79 Å². The average Bonchev–Trinajstić information content (AvgIpc) is 3.01. The third kappa shape index (κ3) is 1.90. The Bertz CT molecular complexity index is 441. The number of anilines is 1. The maximum Gasteiger partial charge on any atom is 0.355 e. The van der Waals surface area contributed by atoms with Gasteiger partial charge in [-0.15, -0.1) is 11.3 Å². The molecule has 0 saturated carbocycles. The summed E-state index contributed by atoms with van der Waals surface area (Å²) in [4.78, 5) is 16.9. The number of hydrogen-bond donors (Lipinski definition) is 1. The second kappa shape index (κ2) is 3.94. The molecule has 0 unspecified atom stereocenters. The van der Waals surface area contributed by atoms with Crippen LogP contribution in [0.4, 0.5) is 5.13 Å². The van der Waals surface area contributed by atoms with Crippen molar-refractivity contribution in [3.05, 3.63) is 11.1 Å². The molecule has 0 amide bonds. The van der Waals surface area contributed by atoms with Crippen molar-refractivity contribution >= 4 is 22.4 Å². The van der Waals surface area contributed by atoms with Gasteiger partial charge in [0.05, 0.1) is 19.8 Å². The lowest BCUT2D eigenvalue weighted by molar-refractivity contribution is -0.137. The summed E-state index contributed by atoms with van der Waals surface area (Å²) in [5, 5.41) is 11.1. The van der Waals surface area contributed by atoms with Crippen molar-refractivity contribution in [2.45, 2.75) is 12.2 Å². The van der Waals surface area contributed by atoms with Crippen molar-refractivity contribution in [2.75, 3.05) is 31.2 Å². The molecule has 1 aromatic rings. The Morgan fingerprint density at radius 1 is 1.53 bits per heavy atom. The number of rotatable bonds is 2. The molecular formula is C10H12N2O4S. The third-order valence-electron chi connectivity index (χ3n) is 2.99. The van der Waals surface area contributed by atoms with Crippen LogP contribution in [0.5, 0.6) is 0 Å². The average molecular weight is 256 g/mol. The van der Waals surface area contributed by atoms with Gasteiger partial charge in [-0.25, -0.2) is 9.78 Å². The first kappa shape index (κ1) is 10.9. The van der Waals surface area contributed by atoms with E-state index < -0.39 is 11.8 Å². The SMILES string of the molecule is O=C(O)c1csc(N2CCC3(C2)OCCO3)n1. The van der Waals surface area contributed by atoms with Gasteiger partial charge in [-0.2, -0.15) is 0 Å². The highest BCUT2D eigenvalue weighted by atomic mass is 32.1. The molecule has 2 aliphatic rings. The summed E-state index contributed by atoms with van der Waals surface area (Å²) in [6.45, 7) is 2.67. The minimum atomic E-state index is -0.991. The van der Waals surface area contributed by atoms with E-state index in [1.165, 1.54) is 11.3 Å². The van der Waals surface area contributed by atoms with E-state index in [0.717, 1.165) is 18.1 Å². The second-order valence-electron chi connectivity index (χ2n) is 4.10. The lowest BCUT2D eigenvalue weighted by atomic mass is 10.2. The molecule has 1 N–H and O–H groups in total. The molecule has 3 rings (SSSR count). The van der Waals surface area contributed by atoms with Gasteiger partial charge in [0.25, 0.3) is 0 Å². The van der Waals surface area contributed by atoms with Crippen LogP contribution in [-0.2, 0) is 9.47 Å². The van der Waals surface area contributed by atoms with Crippen LogP contribution in [0.2, 0.25) is 0 Å². The predicted molar refractivity (Wildman–Crippen MR) is 60.5 cm³/mol. The van der Waals surface area contributed by atoms with Crippen LogP contribution in [0, 0.1) is 0 Å². The summed E-state index contributed by atoms with van der Waals surface area (Å²) in [7, 11) is 0. The zero-order chi connectivity index (χ0) is 11.9. The Labute approximate surface area is 102 Å². The number of aromatic nitrogens is 1. The number of carbonyl (C=O) groups is 1. The largest absolute Gasteiger partial charge is 0.476 e. The monoisotopic (exact) mass is 256 g/mol. The smallest absolute Gasteiger partial charge is 0.355 e. The number of carboxylic acids is 1. The minimum Gasteiger partial charge on any atom is -0.476 e. The Kier molecular flexibility index (Phi) is 2.53. The van der Waals surface area contributed by atoms with E-state index in [1.807, 2.05) is 4.90 Å². The Morgan fingerprint density at radius 3 is 2.94 bits per heavy atom. The van der Waals surface area contributed by atoms with Crippen LogP contribution < -0.4 is 4.90 Å². The normalized spacial score (nSPS) is 22.5. The lowest BCUT2D eigenvalue weighted by Crippen LogP contribution is -2.34. The van der Waals surface area contributed by atoms with E-state index >= 15 is 0 Å².